The Balaban J connectivity index is 4.55. The first kappa shape index (κ1) is 58.1. The van der Waals surface area contributed by atoms with Crippen molar-refractivity contribution in [3.63, 3.8) is 0 Å². The maximum absolute atomic E-state index is 12.7. The molecule has 0 aromatic heterocycles. The normalized spacial score (nSPS) is 14.7. The average Bonchev–Trinajstić information content (AvgIpc) is 3.23. The van der Waals surface area contributed by atoms with Crippen LogP contribution in [0, 0.1) is 0 Å². The van der Waals surface area contributed by atoms with Gasteiger partial charge in [-0.2, -0.15) is 0 Å². The number of likely N-dealkylation sites (N-methyl/N-ethyl adjacent to an activating group) is 1. The zero-order valence-electron chi connectivity index (χ0n) is 39.0. The van der Waals surface area contributed by atoms with Crippen LogP contribution in [0.1, 0.15) is 129 Å². The lowest BCUT2D eigenvalue weighted by Gasteiger charge is -2.28. The number of phosphoric ester groups is 1. The summed E-state index contributed by atoms with van der Waals surface area (Å²) in [5, 5.41) is 0. The second kappa shape index (κ2) is 42.5. The molecule has 0 aliphatic carbocycles. The monoisotopic (exact) mass is 880 g/mol. The van der Waals surface area contributed by atoms with Gasteiger partial charge in [-0.3, -0.25) is 14.2 Å². The fraction of sp³-hybridized carbons (Fsp3) is 0.538. The Morgan fingerprint density at radius 2 is 0.871 bits per heavy atom. The van der Waals surface area contributed by atoms with Crippen LogP contribution >= 0.6 is 7.82 Å². The lowest BCUT2D eigenvalue weighted by Crippen LogP contribution is -2.37. The number of unbranched alkanes of at least 4 members (excludes halogenated alkanes) is 3. The van der Waals surface area contributed by atoms with Crippen molar-refractivity contribution in [2.24, 2.45) is 0 Å². The standard InChI is InChI=1S/C52H82NO8P/c1-6-8-10-12-14-16-18-20-22-24-25-26-27-29-31-33-35-37-39-41-43-45-52(55)61-50(49-60-62(56,57)59-47-46-53(3,4)5)48-58-51(54)44-42-40-38-36-34-32-30-28-23-21-19-17-15-13-11-9-7-2/h8-11,14-17,20-23,25-26,29-32,35-38,50H,6-7,12-13,18-19,24,27-28,33-34,39-49H2,1-5H3/b10-8-,11-9-,16-14-,17-15-,22-20-,23-21-,26-25-,31-29-,32-30-,37-35-,38-36-. The summed E-state index contributed by atoms with van der Waals surface area (Å²) in [7, 11) is 1.08. The van der Waals surface area contributed by atoms with Gasteiger partial charge in [-0.25, -0.2) is 0 Å². The van der Waals surface area contributed by atoms with E-state index in [0.717, 1.165) is 83.5 Å². The first-order chi connectivity index (χ1) is 30.0. The van der Waals surface area contributed by atoms with Gasteiger partial charge in [-0.1, -0.05) is 148 Å². The molecule has 0 amide bonds. The molecule has 0 fully saturated rings. The number of rotatable bonds is 39. The summed E-state index contributed by atoms with van der Waals surface area (Å²) in [6.45, 7) is 3.84. The predicted molar refractivity (Wildman–Crippen MR) is 258 cm³/mol. The van der Waals surface area contributed by atoms with Crippen LogP contribution in [0.4, 0.5) is 0 Å². The van der Waals surface area contributed by atoms with Gasteiger partial charge in [0.15, 0.2) is 6.10 Å². The molecule has 0 aliphatic rings. The van der Waals surface area contributed by atoms with Crippen molar-refractivity contribution >= 4 is 19.8 Å². The lowest BCUT2D eigenvalue weighted by atomic mass is 10.2. The van der Waals surface area contributed by atoms with E-state index in [1.807, 2.05) is 27.2 Å². The fourth-order valence-corrected chi connectivity index (χ4v) is 5.89. The number of hydrogen-bond acceptors (Lipinski definition) is 8. The molecule has 0 bridgehead atoms. The van der Waals surface area contributed by atoms with Gasteiger partial charge in [0.25, 0.3) is 7.82 Å². The zero-order chi connectivity index (χ0) is 45.7. The van der Waals surface area contributed by atoms with Crippen molar-refractivity contribution in [3.8, 4) is 0 Å². The van der Waals surface area contributed by atoms with Crippen molar-refractivity contribution in [2.75, 3.05) is 47.5 Å². The zero-order valence-corrected chi connectivity index (χ0v) is 39.9. The highest BCUT2D eigenvalue weighted by molar-refractivity contribution is 7.45. The molecule has 0 rings (SSSR count). The van der Waals surface area contributed by atoms with Gasteiger partial charge < -0.3 is 27.9 Å². The van der Waals surface area contributed by atoms with E-state index >= 15 is 0 Å². The number of carbonyl (C=O) groups is 2. The fourth-order valence-electron chi connectivity index (χ4n) is 5.16. The second-order valence-electron chi connectivity index (χ2n) is 15.6. The molecule has 0 radical (unpaired) electrons. The summed E-state index contributed by atoms with van der Waals surface area (Å²) in [5.41, 5.74) is 0. The van der Waals surface area contributed by atoms with Crippen molar-refractivity contribution in [1.29, 1.82) is 0 Å². The minimum absolute atomic E-state index is 0.0572. The summed E-state index contributed by atoms with van der Waals surface area (Å²) >= 11 is 0. The molecule has 0 heterocycles. The van der Waals surface area contributed by atoms with Crippen LogP contribution in [0.15, 0.2) is 134 Å². The SMILES string of the molecule is CC/C=C\C/C=C\C/C=C\C/C=C\C/C=C\C/C=C\CCCCC(=O)OC(COC(=O)CCC/C=C\C/C=C\C/C=C\C/C=C\C/C=C\CC)COP(=O)([O-])OCC[N+](C)(C)C. The van der Waals surface area contributed by atoms with E-state index in [0.29, 0.717) is 30.3 Å². The van der Waals surface area contributed by atoms with Gasteiger partial charge in [-0.15, -0.1) is 0 Å². The van der Waals surface area contributed by atoms with Crippen molar-refractivity contribution in [1.82, 2.24) is 0 Å². The molecular weight excluding hydrogens is 798 g/mol. The minimum atomic E-state index is -4.66. The molecule has 0 N–H and O–H groups in total. The number of esters is 2. The first-order valence-electron chi connectivity index (χ1n) is 22.9. The van der Waals surface area contributed by atoms with Gasteiger partial charge in [0.2, 0.25) is 0 Å². The maximum atomic E-state index is 12.7. The number of ether oxygens (including phenoxy) is 2. The predicted octanol–water partition coefficient (Wildman–Crippen LogP) is 12.8. The lowest BCUT2D eigenvalue weighted by molar-refractivity contribution is -0.870. The molecule has 348 valence electrons. The molecule has 62 heavy (non-hydrogen) atoms. The number of quaternary nitrogens is 1. The number of nitrogens with zero attached hydrogens (tertiary/aromatic N) is 1. The Morgan fingerprint density at radius 3 is 1.27 bits per heavy atom. The summed E-state index contributed by atoms with van der Waals surface area (Å²) in [6, 6.07) is 0. The van der Waals surface area contributed by atoms with Crippen LogP contribution in [0.5, 0.6) is 0 Å². The molecule has 0 aliphatic heterocycles. The Morgan fingerprint density at radius 1 is 0.500 bits per heavy atom. The first-order valence-corrected chi connectivity index (χ1v) is 24.4. The van der Waals surface area contributed by atoms with Crippen molar-refractivity contribution in [2.45, 2.75) is 136 Å². The van der Waals surface area contributed by atoms with Gasteiger partial charge in [0.05, 0.1) is 27.7 Å². The van der Waals surface area contributed by atoms with Gasteiger partial charge in [-0.05, 0) is 103 Å². The Labute approximate surface area is 377 Å². The molecule has 0 spiro atoms. The highest BCUT2D eigenvalue weighted by atomic mass is 31.2. The third-order valence-electron chi connectivity index (χ3n) is 8.67. The van der Waals surface area contributed by atoms with E-state index in [-0.39, 0.29) is 26.1 Å². The van der Waals surface area contributed by atoms with E-state index < -0.39 is 32.5 Å². The van der Waals surface area contributed by atoms with E-state index in [1.165, 1.54) is 0 Å². The Hall–Kier alpha value is -3.85. The molecule has 10 heteroatoms. The summed E-state index contributed by atoms with van der Waals surface area (Å²) in [5.74, 6) is -0.971. The van der Waals surface area contributed by atoms with Gasteiger partial charge >= 0.3 is 11.9 Å². The van der Waals surface area contributed by atoms with Crippen LogP contribution < -0.4 is 4.89 Å². The molecule has 0 saturated heterocycles. The number of carbonyl (C=O) groups excluding carboxylic acids is 2. The molecule has 0 aromatic rings. The number of hydrogen-bond donors (Lipinski definition) is 0. The average molecular weight is 880 g/mol. The van der Waals surface area contributed by atoms with E-state index in [1.54, 1.807) is 0 Å². The minimum Gasteiger partial charge on any atom is -0.756 e. The number of phosphoric acid groups is 1. The Kier molecular flexibility index (Phi) is 39.8. The molecule has 0 aromatic carbocycles. The van der Waals surface area contributed by atoms with Crippen molar-refractivity contribution < 1.29 is 42.1 Å². The summed E-state index contributed by atoms with van der Waals surface area (Å²) in [6.07, 6.45) is 60.6. The summed E-state index contributed by atoms with van der Waals surface area (Å²) < 4.78 is 33.8. The second-order valence-corrected chi connectivity index (χ2v) is 17.1. The van der Waals surface area contributed by atoms with Crippen molar-refractivity contribution in [3.05, 3.63) is 134 Å². The third-order valence-corrected chi connectivity index (χ3v) is 9.63. The largest absolute Gasteiger partial charge is 0.756 e. The van der Waals surface area contributed by atoms with E-state index in [2.05, 4.69) is 141 Å². The number of allylic oxidation sites excluding steroid dienone is 22. The third kappa shape index (κ3) is 45.7. The van der Waals surface area contributed by atoms with E-state index in [4.69, 9.17) is 18.5 Å². The molecule has 2 unspecified atom stereocenters. The van der Waals surface area contributed by atoms with E-state index in [9.17, 15) is 19.0 Å². The molecule has 0 saturated carbocycles. The van der Waals surface area contributed by atoms with Crippen LogP contribution in [0.2, 0.25) is 0 Å². The molecule has 9 nitrogen and oxygen atoms in total. The van der Waals surface area contributed by atoms with Crippen LogP contribution in [0.3, 0.4) is 0 Å². The van der Waals surface area contributed by atoms with Crippen LogP contribution in [-0.4, -0.2) is 70.0 Å². The summed E-state index contributed by atoms with van der Waals surface area (Å²) in [4.78, 5) is 37.6. The highest BCUT2D eigenvalue weighted by Gasteiger charge is 2.21. The van der Waals surface area contributed by atoms with Gasteiger partial charge in [0, 0.05) is 12.8 Å². The highest BCUT2D eigenvalue weighted by Crippen LogP contribution is 2.38. The van der Waals surface area contributed by atoms with Crippen LogP contribution in [0.25, 0.3) is 0 Å². The Bertz CT molecular complexity index is 1510. The van der Waals surface area contributed by atoms with Crippen LogP contribution in [-0.2, 0) is 32.7 Å². The van der Waals surface area contributed by atoms with Gasteiger partial charge in [0.1, 0.15) is 19.8 Å². The molecular formula is C52H82NO8P. The smallest absolute Gasteiger partial charge is 0.306 e. The quantitative estimate of drug-likeness (QED) is 0.0197. The molecule has 2 atom stereocenters. The maximum Gasteiger partial charge on any atom is 0.306 e. The topological polar surface area (TPSA) is 111 Å².